The summed E-state index contributed by atoms with van der Waals surface area (Å²) >= 11 is 3.31. The van der Waals surface area contributed by atoms with Crippen LogP contribution in [0.15, 0.2) is 51.8 Å². The van der Waals surface area contributed by atoms with Crippen LogP contribution in [0.3, 0.4) is 0 Å². The van der Waals surface area contributed by atoms with E-state index in [0.29, 0.717) is 23.2 Å². The maximum Gasteiger partial charge on any atom is 0.241 e. The maximum absolute atomic E-state index is 12.6. The second-order valence-corrected chi connectivity index (χ2v) is 7.71. The maximum atomic E-state index is 12.6. The second-order valence-electron chi connectivity index (χ2n) is 5.15. The topological polar surface area (TPSA) is 64.6 Å². The fourth-order valence-electron chi connectivity index (χ4n) is 2.53. The minimum atomic E-state index is -3.64. The predicted molar refractivity (Wildman–Crippen MR) is 90.3 cm³/mol. The molecular weight excluding hydrogens is 382 g/mol. The molecule has 0 saturated heterocycles. The Kier molecular flexibility index (Phi) is 4.61. The van der Waals surface area contributed by atoms with E-state index in [0.717, 1.165) is 11.3 Å². The molecule has 0 bridgehead atoms. The van der Waals surface area contributed by atoms with Crippen molar-refractivity contribution in [2.75, 3.05) is 13.7 Å². The van der Waals surface area contributed by atoms with Gasteiger partial charge in [0.05, 0.1) is 29.1 Å². The number of rotatable bonds is 4. The summed E-state index contributed by atoms with van der Waals surface area (Å²) in [6.45, 7) is 0.483. The number of hydrogen-bond acceptors (Lipinski definition) is 4. The molecular formula is C16H16BrNO4S. The van der Waals surface area contributed by atoms with Crippen LogP contribution in [-0.4, -0.2) is 22.1 Å². The first kappa shape index (κ1) is 16.3. The molecule has 0 unspecified atom stereocenters. The minimum Gasteiger partial charge on any atom is -0.496 e. The lowest BCUT2D eigenvalue weighted by atomic mass is 10.0. The summed E-state index contributed by atoms with van der Waals surface area (Å²) in [5, 5.41) is 0. The third-order valence-electron chi connectivity index (χ3n) is 3.69. The summed E-state index contributed by atoms with van der Waals surface area (Å²) in [6, 6.07) is 11.9. The molecule has 0 radical (unpaired) electrons. The van der Waals surface area contributed by atoms with Crippen molar-refractivity contribution in [3.8, 4) is 11.5 Å². The van der Waals surface area contributed by atoms with Gasteiger partial charge in [0.2, 0.25) is 10.0 Å². The average molecular weight is 398 g/mol. The Morgan fingerprint density at radius 1 is 1.26 bits per heavy atom. The molecule has 1 aliphatic heterocycles. The first-order chi connectivity index (χ1) is 11.0. The van der Waals surface area contributed by atoms with Gasteiger partial charge in [0, 0.05) is 12.0 Å². The molecule has 122 valence electrons. The van der Waals surface area contributed by atoms with E-state index in [4.69, 9.17) is 9.47 Å². The van der Waals surface area contributed by atoms with Gasteiger partial charge in [-0.25, -0.2) is 13.1 Å². The highest BCUT2D eigenvalue weighted by molar-refractivity contribution is 9.10. The van der Waals surface area contributed by atoms with E-state index in [2.05, 4.69) is 20.7 Å². The summed E-state index contributed by atoms with van der Waals surface area (Å²) < 4.78 is 39.3. The number of para-hydroxylation sites is 1. The largest absolute Gasteiger partial charge is 0.496 e. The summed E-state index contributed by atoms with van der Waals surface area (Å²) in [5.41, 5.74) is 0.856. The molecule has 2 aromatic carbocycles. The van der Waals surface area contributed by atoms with Crippen LogP contribution in [0.1, 0.15) is 18.0 Å². The highest BCUT2D eigenvalue weighted by Gasteiger charge is 2.26. The normalized spacial score (nSPS) is 17.2. The van der Waals surface area contributed by atoms with Gasteiger partial charge in [0.1, 0.15) is 11.5 Å². The number of hydrogen-bond donors (Lipinski definition) is 1. The van der Waals surface area contributed by atoms with Crippen LogP contribution in [0.5, 0.6) is 11.5 Å². The van der Waals surface area contributed by atoms with E-state index >= 15 is 0 Å². The van der Waals surface area contributed by atoms with Crippen molar-refractivity contribution in [3.63, 3.8) is 0 Å². The van der Waals surface area contributed by atoms with Crippen molar-refractivity contribution in [1.29, 1.82) is 0 Å². The molecule has 0 aliphatic carbocycles. The third kappa shape index (κ3) is 3.36. The Hall–Kier alpha value is -1.57. The zero-order valence-corrected chi connectivity index (χ0v) is 14.9. The van der Waals surface area contributed by atoms with Gasteiger partial charge in [-0.3, -0.25) is 0 Å². The Labute approximate surface area is 143 Å². The number of benzene rings is 2. The first-order valence-corrected chi connectivity index (χ1v) is 9.36. The van der Waals surface area contributed by atoms with Gasteiger partial charge in [0.15, 0.2) is 0 Å². The third-order valence-corrected chi connectivity index (χ3v) is 5.78. The van der Waals surface area contributed by atoms with Gasteiger partial charge in [-0.05, 0) is 40.2 Å². The highest BCUT2D eigenvalue weighted by Crippen LogP contribution is 2.33. The molecule has 0 fully saturated rings. The molecule has 1 N–H and O–H groups in total. The second kappa shape index (κ2) is 6.51. The lowest BCUT2D eigenvalue weighted by Gasteiger charge is -2.26. The zero-order valence-electron chi connectivity index (χ0n) is 12.5. The Bertz CT molecular complexity index is 823. The molecule has 0 amide bonds. The summed E-state index contributed by atoms with van der Waals surface area (Å²) in [7, 11) is -2.11. The van der Waals surface area contributed by atoms with Crippen LogP contribution in [0.25, 0.3) is 0 Å². The van der Waals surface area contributed by atoms with Crippen LogP contribution in [0.4, 0.5) is 0 Å². The lowest BCUT2D eigenvalue weighted by molar-refractivity contribution is 0.263. The number of methoxy groups -OCH3 is 1. The fourth-order valence-corrected chi connectivity index (χ4v) is 4.50. The summed E-state index contributed by atoms with van der Waals surface area (Å²) in [6.07, 6.45) is 0.591. The average Bonchev–Trinajstić information content (AvgIpc) is 2.55. The molecule has 7 heteroatoms. The molecule has 0 saturated carbocycles. The van der Waals surface area contributed by atoms with Crippen molar-refractivity contribution < 1.29 is 17.9 Å². The van der Waals surface area contributed by atoms with Gasteiger partial charge in [-0.2, -0.15) is 0 Å². The van der Waals surface area contributed by atoms with Crippen molar-refractivity contribution in [2.45, 2.75) is 17.4 Å². The minimum absolute atomic E-state index is 0.189. The number of nitrogens with one attached hydrogen (secondary N) is 1. The van der Waals surface area contributed by atoms with Crippen molar-refractivity contribution in [2.24, 2.45) is 0 Å². The molecule has 3 rings (SSSR count). The first-order valence-electron chi connectivity index (χ1n) is 7.09. The molecule has 2 aromatic rings. The van der Waals surface area contributed by atoms with Gasteiger partial charge in [-0.15, -0.1) is 0 Å². The standard InChI is InChI=1S/C16H16BrNO4S/c1-21-16-7-6-11(10-13(16)17)23(19,20)18-14-8-9-22-15-5-3-2-4-12(14)15/h2-7,10,14,18H,8-9H2,1H3/t14-/m0/s1. The van der Waals surface area contributed by atoms with Crippen molar-refractivity contribution in [3.05, 3.63) is 52.5 Å². The summed E-state index contributed by atoms with van der Waals surface area (Å²) in [5.74, 6) is 1.31. The van der Waals surface area contributed by atoms with E-state index in [1.165, 1.54) is 19.2 Å². The zero-order chi connectivity index (χ0) is 16.4. The SMILES string of the molecule is COc1ccc(S(=O)(=O)N[C@H]2CCOc3ccccc32)cc1Br. The smallest absolute Gasteiger partial charge is 0.241 e. The van der Waals surface area contributed by atoms with E-state index in [-0.39, 0.29) is 10.9 Å². The van der Waals surface area contributed by atoms with Gasteiger partial charge in [0.25, 0.3) is 0 Å². The molecule has 1 heterocycles. The molecule has 0 spiro atoms. The van der Waals surface area contributed by atoms with Gasteiger partial charge >= 0.3 is 0 Å². The number of fused-ring (bicyclic) bond motifs is 1. The van der Waals surface area contributed by atoms with Crippen molar-refractivity contribution in [1.82, 2.24) is 4.72 Å². The van der Waals surface area contributed by atoms with Gasteiger partial charge < -0.3 is 9.47 Å². The quantitative estimate of drug-likeness (QED) is 0.859. The van der Waals surface area contributed by atoms with E-state index in [1.807, 2.05) is 24.3 Å². The number of ether oxygens (including phenoxy) is 2. The van der Waals surface area contributed by atoms with Crippen molar-refractivity contribution >= 4 is 26.0 Å². The van der Waals surface area contributed by atoms with E-state index < -0.39 is 10.0 Å². The number of sulfonamides is 1. The van der Waals surface area contributed by atoms with Crippen LogP contribution in [0, 0.1) is 0 Å². The van der Waals surface area contributed by atoms with E-state index in [9.17, 15) is 8.42 Å². The van der Waals surface area contributed by atoms with E-state index in [1.54, 1.807) is 6.07 Å². The Morgan fingerprint density at radius 3 is 2.78 bits per heavy atom. The molecule has 0 aromatic heterocycles. The lowest BCUT2D eigenvalue weighted by Crippen LogP contribution is -2.32. The fraction of sp³-hybridized carbons (Fsp3) is 0.250. The highest BCUT2D eigenvalue weighted by atomic mass is 79.9. The molecule has 1 atom stereocenters. The Balaban J connectivity index is 1.89. The van der Waals surface area contributed by atoms with Crippen LogP contribution in [0.2, 0.25) is 0 Å². The van der Waals surface area contributed by atoms with Crippen LogP contribution >= 0.6 is 15.9 Å². The monoisotopic (exact) mass is 397 g/mol. The molecule has 23 heavy (non-hydrogen) atoms. The molecule has 5 nitrogen and oxygen atoms in total. The number of halogens is 1. The molecule has 1 aliphatic rings. The summed E-state index contributed by atoms with van der Waals surface area (Å²) in [4.78, 5) is 0.189. The van der Waals surface area contributed by atoms with Gasteiger partial charge in [-0.1, -0.05) is 18.2 Å². The van der Waals surface area contributed by atoms with Crippen LogP contribution in [-0.2, 0) is 10.0 Å². The Morgan fingerprint density at radius 2 is 2.04 bits per heavy atom. The predicted octanol–water partition coefficient (Wildman–Crippen LogP) is 3.26. The van der Waals surface area contributed by atoms with Crippen LogP contribution < -0.4 is 14.2 Å².